The molecule has 0 aromatic heterocycles. The minimum atomic E-state index is -0.0208. The highest BCUT2D eigenvalue weighted by molar-refractivity contribution is 5.05. The van der Waals surface area contributed by atoms with Crippen molar-refractivity contribution in [3.8, 4) is 0 Å². The number of aliphatic hydroxyl groups excluding tert-OH is 1. The molecular weight excluding hydrogens is 148 g/mol. The SMILES string of the molecule is CC1(C)CC[C@@]2(C)CC[C@H](O)[C@@H]12. The lowest BCUT2D eigenvalue weighted by Crippen LogP contribution is -2.32. The largest absolute Gasteiger partial charge is 0.393 e. The van der Waals surface area contributed by atoms with Crippen molar-refractivity contribution in [3.05, 3.63) is 0 Å². The van der Waals surface area contributed by atoms with Gasteiger partial charge in [0, 0.05) is 0 Å². The maximum atomic E-state index is 9.90. The third-order valence-corrected chi connectivity index (χ3v) is 4.33. The Morgan fingerprint density at radius 1 is 1.08 bits per heavy atom. The minimum Gasteiger partial charge on any atom is -0.393 e. The lowest BCUT2D eigenvalue weighted by atomic mass is 9.73. The van der Waals surface area contributed by atoms with Gasteiger partial charge in [-0.05, 0) is 42.4 Å². The summed E-state index contributed by atoms with van der Waals surface area (Å²) in [4.78, 5) is 0. The van der Waals surface area contributed by atoms with Crippen LogP contribution in [0, 0.1) is 16.7 Å². The fourth-order valence-electron chi connectivity index (χ4n) is 3.77. The average molecular weight is 168 g/mol. The first-order valence-corrected chi connectivity index (χ1v) is 5.14. The van der Waals surface area contributed by atoms with E-state index in [4.69, 9.17) is 0 Å². The topological polar surface area (TPSA) is 20.2 Å². The van der Waals surface area contributed by atoms with Crippen LogP contribution in [0.5, 0.6) is 0 Å². The van der Waals surface area contributed by atoms with Crippen molar-refractivity contribution in [1.29, 1.82) is 0 Å². The summed E-state index contributed by atoms with van der Waals surface area (Å²) in [6, 6.07) is 0. The molecule has 12 heavy (non-hydrogen) atoms. The molecule has 0 bridgehead atoms. The molecule has 0 amide bonds. The summed E-state index contributed by atoms with van der Waals surface area (Å²) >= 11 is 0. The molecule has 0 aromatic carbocycles. The van der Waals surface area contributed by atoms with Crippen molar-refractivity contribution < 1.29 is 5.11 Å². The van der Waals surface area contributed by atoms with Crippen LogP contribution in [0.25, 0.3) is 0 Å². The van der Waals surface area contributed by atoms with Gasteiger partial charge in [0.05, 0.1) is 6.10 Å². The van der Waals surface area contributed by atoms with E-state index in [1.165, 1.54) is 19.3 Å². The lowest BCUT2D eigenvalue weighted by Gasteiger charge is -2.33. The molecule has 70 valence electrons. The summed E-state index contributed by atoms with van der Waals surface area (Å²) in [7, 11) is 0. The van der Waals surface area contributed by atoms with Gasteiger partial charge in [-0.3, -0.25) is 0 Å². The molecule has 2 fully saturated rings. The molecule has 3 atom stereocenters. The molecule has 1 heteroatoms. The third kappa shape index (κ3) is 0.953. The molecule has 0 unspecified atom stereocenters. The van der Waals surface area contributed by atoms with Crippen molar-refractivity contribution in [3.63, 3.8) is 0 Å². The molecule has 2 aliphatic rings. The van der Waals surface area contributed by atoms with Gasteiger partial charge >= 0.3 is 0 Å². The van der Waals surface area contributed by atoms with Gasteiger partial charge in [-0.15, -0.1) is 0 Å². The molecule has 2 aliphatic carbocycles. The Balaban J connectivity index is 2.31. The van der Waals surface area contributed by atoms with Crippen LogP contribution in [0.3, 0.4) is 0 Å². The van der Waals surface area contributed by atoms with Crippen LogP contribution >= 0.6 is 0 Å². The van der Waals surface area contributed by atoms with Crippen LogP contribution in [0.4, 0.5) is 0 Å². The highest BCUT2D eigenvalue weighted by Gasteiger charge is 2.55. The standard InChI is InChI=1S/C11H20O/c1-10(2)6-7-11(3)5-4-8(12)9(10)11/h8-9,12H,4-7H2,1-3H3/t8-,9-,11+/m0/s1. The Kier molecular flexibility index (Phi) is 1.61. The van der Waals surface area contributed by atoms with Gasteiger partial charge in [0.2, 0.25) is 0 Å². The monoisotopic (exact) mass is 168 g/mol. The predicted octanol–water partition coefficient (Wildman–Crippen LogP) is 2.58. The Hall–Kier alpha value is -0.0400. The summed E-state index contributed by atoms with van der Waals surface area (Å²) in [5.41, 5.74) is 0.841. The highest BCUT2D eigenvalue weighted by atomic mass is 16.3. The van der Waals surface area contributed by atoms with Crippen molar-refractivity contribution in [2.45, 2.75) is 52.6 Å². The zero-order valence-electron chi connectivity index (χ0n) is 8.43. The van der Waals surface area contributed by atoms with Gasteiger partial charge in [0.25, 0.3) is 0 Å². The van der Waals surface area contributed by atoms with Crippen LogP contribution in [-0.4, -0.2) is 11.2 Å². The number of hydrogen-bond donors (Lipinski definition) is 1. The van der Waals surface area contributed by atoms with E-state index in [9.17, 15) is 5.11 Å². The van der Waals surface area contributed by atoms with Gasteiger partial charge in [-0.1, -0.05) is 20.8 Å². The van der Waals surface area contributed by atoms with Gasteiger partial charge < -0.3 is 5.11 Å². The first-order valence-electron chi connectivity index (χ1n) is 5.14. The smallest absolute Gasteiger partial charge is 0.0578 e. The second-order valence-electron chi connectivity index (χ2n) is 5.73. The maximum absolute atomic E-state index is 9.90. The van der Waals surface area contributed by atoms with E-state index in [0.29, 0.717) is 16.7 Å². The Morgan fingerprint density at radius 3 is 2.33 bits per heavy atom. The number of hydrogen-bond acceptors (Lipinski definition) is 1. The molecule has 0 spiro atoms. The normalized spacial score (nSPS) is 51.0. The molecule has 2 saturated carbocycles. The lowest BCUT2D eigenvalue weighted by molar-refractivity contribution is 0.0435. The molecular formula is C11H20O. The molecule has 0 aromatic rings. The second kappa shape index (κ2) is 2.25. The summed E-state index contributed by atoms with van der Waals surface area (Å²) in [5.74, 6) is 0.560. The second-order valence-corrected chi connectivity index (χ2v) is 5.73. The van der Waals surface area contributed by atoms with Crippen LogP contribution in [-0.2, 0) is 0 Å². The third-order valence-electron chi connectivity index (χ3n) is 4.33. The molecule has 0 aliphatic heterocycles. The Labute approximate surface area is 75.2 Å². The van der Waals surface area contributed by atoms with Crippen LogP contribution in [0.1, 0.15) is 46.5 Å². The summed E-state index contributed by atoms with van der Waals surface area (Å²) in [6.07, 6.45) is 4.87. The van der Waals surface area contributed by atoms with E-state index in [1.807, 2.05) is 0 Å². The molecule has 0 heterocycles. The summed E-state index contributed by atoms with van der Waals surface area (Å²) in [6.45, 7) is 7.00. The van der Waals surface area contributed by atoms with Crippen LogP contribution < -0.4 is 0 Å². The Morgan fingerprint density at radius 2 is 1.75 bits per heavy atom. The van der Waals surface area contributed by atoms with E-state index >= 15 is 0 Å². The molecule has 1 nitrogen and oxygen atoms in total. The fraction of sp³-hybridized carbons (Fsp3) is 1.00. The van der Waals surface area contributed by atoms with Crippen molar-refractivity contribution in [2.75, 3.05) is 0 Å². The molecule has 1 N–H and O–H groups in total. The van der Waals surface area contributed by atoms with E-state index in [1.54, 1.807) is 0 Å². The van der Waals surface area contributed by atoms with Crippen molar-refractivity contribution in [2.24, 2.45) is 16.7 Å². The Bertz CT molecular complexity index is 197. The number of rotatable bonds is 0. The van der Waals surface area contributed by atoms with Gasteiger partial charge in [-0.2, -0.15) is 0 Å². The predicted molar refractivity (Wildman–Crippen MR) is 49.9 cm³/mol. The molecule has 0 radical (unpaired) electrons. The van der Waals surface area contributed by atoms with E-state index < -0.39 is 0 Å². The zero-order valence-corrected chi connectivity index (χ0v) is 8.43. The number of aliphatic hydroxyl groups is 1. The van der Waals surface area contributed by atoms with Gasteiger partial charge in [0.15, 0.2) is 0 Å². The maximum Gasteiger partial charge on any atom is 0.0578 e. The van der Waals surface area contributed by atoms with Crippen molar-refractivity contribution >= 4 is 0 Å². The van der Waals surface area contributed by atoms with Gasteiger partial charge in [-0.25, -0.2) is 0 Å². The van der Waals surface area contributed by atoms with E-state index in [0.717, 1.165) is 6.42 Å². The zero-order chi connectivity index (χ0) is 8.98. The van der Waals surface area contributed by atoms with Crippen LogP contribution in [0.15, 0.2) is 0 Å². The average Bonchev–Trinajstić information content (AvgIpc) is 2.36. The summed E-state index contributed by atoms with van der Waals surface area (Å²) < 4.78 is 0. The molecule has 0 saturated heterocycles. The van der Waals surface area contributed by atoms with E-state index in [-0.39, 0.29) is 6.10 Å². The van der Waals surface area contributed by atoms with Gasteiger partial charge in [0.1, 0.15) is 0 Å². The number of fused-ring (bicyclic) bond motifs is 1. The highest BCUT2D eigenvalue weighted by Crippen LogP contribution is 2.61. The first kappa shape index (κ1) is 8.55. The van der Waals surface area contributed by atoms with Crippen molar-refractivity contribution in [1.82, 2.24) is 0 Å². The first-order chi connectivity index (χ1) is 5.46. The minimum absolute atomic E-state index is 0.0208. The molecule has 2 rings (SSSR count). The fourth-order valence-corrected chi connectivity index (χ4v) is 3.77. The quantitative estimate of drug-likeness (QED) is 0.589. The summed E-state index contributed by atoms with van der Waals surface area (Å²) in [5, 5.41) is 9.90. The van der Waals surface area contributed by atoms with Crippen LogP contribution in [0.2, 0.25) is 0 Å². The van der Waals surface area contributed by atoms with E-state index in [2.05, 4.69) is 20.8 Å².